The monoisotopic (exact) mass is 401 g/mol. The summed E-state index contributed by atoms with van der Waals surface area (Å²) in [6, 6.07) is 10.1. The minimum absolute atomic E-state index is 0.129. The van der Waals surface area contributed by atoms with E-state index in [4.69, 9.17) is 9.47 Å². The van der Waals surface area contributed by atoms with Crippen LogP contribution in [0.5, 0.6) is 11.5 Å². The van der Waals surface area contributed by atoms with Gasteiger partial charge in [0, 0.05) is 28.8 Å². The zero-order valence-corrected chi connectivity index (χ0v) is 16.9. The number of sulfonamides is 1. The summed E-state index contributed by atoms with van der Waals surface area (Å²) in [6.07, 6.45) is 5.23. The summed E-state index contributed by atoms with van der Waals surface area (Å²) in [5.74, 6) is 1.35. The number of hydrogen-bond acceptors (Lipinski definition) is 5. The topological polar surface area (TPSA) is 81.7 Å². The summed E-state index contributed by atoms with van der Waals surface area (Å²) in [4.78, 5) is 12.5. The molecule has 0 fully saturated rings. The predicted molar refractivity (Wildman–Crippen MR) is 110 cm³/mol. The third-order valence-corrected chi connectivity index (χ3v) is 4.82. The number of carbonyl (C=O) groups excluding carboxylic acids is 1. The number of ether oxygens (including phenoxy) is 2. The van der Waals surface area contributed by atoms with Gasteiger partial charge in [-0.15, -0.1) is 0 Å². The van der Waals surface area contributed by atoms with Crippen molar-refractivity contribution >= 4 is 27.6 Å². The van der Waals surface area contributed by atoms with Crippen molar-refractivity contribution in [3.63, 3.8) is 0 Å². The second kappa shape index (κ2) is 8.06. The fraction of sp³-hybridized carbons (Fsp3) is 0.286. The van der Waals surface area contributed by atoms with Gasteiger partial charge in [0.1, 0.15) is 17.6 Å². The summed E-state index contributed by atoms with van der Waals surface area (Å²) in [7, 11) is -3.35. The molecule has 1 heterocycles. The first-order valence-electron chi connectivity index (χ1n) is 9.02. The Balaban J connectivity index is 1.79. The molecule has 0 saturated carbocycles. The zero-order valence-electron chi connectivity index (χ0n) is 16.1. The van der Waals surface area contributed by atoms with Crippen molar-refractivity contribution in [3.8, 4) is 11.5 Å². The quantitative estimate of drug-likeness (QED) is 0.565. The van der Waals surface area contributed by atoms with E-state index in [0.717, 1.165) is 35.3 Å². The molecule has 6 nitrogen and oxygen atoms in total. The van der Waals surface area contributed by atoms with Crippen molar-refractivity contribution in [1.29, 1.82) is 0 Å². The van der Waals surface area contributed by atoms with E-state index in [1.165, 1.54) is 6.08 Å². The fourth-order valence-corrected chi connectivity index (χ4v) is 3.61. The molecule has 2 aromatic carbocycles. The third-order valence-electron chi connectivity index (χ3n) is 4.22. The van der Waals surface area contributed by atoms with E-state index in [0.29, 0.717) is 17.9 Å². The van der Waals surface area contributed by atoms with E-state index < -0.39 is 10.0 Å². The maximum atomic E-state index is 12.5. The molecule has 1 aliphatic rings. The summed E-state index contributed by atoms with van der Waals surface area (Å²) in [6.45, 7) is 4.46. The standard InChI is InChI=1S/C21H23NO5S/c1-4-26-20-13-17-11-14(2)27-21(17)12-16(20)7-10-19(23)15-5-8-18(9-6-15)22-28(3,24)25/h5-10,12-14,22H,4,11H2,1-3H3/b10-7+/t14-/m1/s1. The first-order valence-corrected chi connectivity index (χ1v) is 10.9. The second-order valence-electron chi connectivity index (χ2n) is 6.71. The van der Waals surface area contributed by atoms with Crippen LogP contribution in [0.15, 0.2) is 42.5 Å². The molecule has 0 unspecified atom stereocenters. The molecule has 0 saturated heterocycles. The second-order valence-corrected chi connectivity index (χ2v) is 8.46. The molecule has 28 heavy (non-hydrogen) atoms. The van der Waals surface area contributed by atoms with Gasteiger partial charge < -0.3 is 9.47 Å². The van der Waals surface area contributed by atoms with E-state index in [9.17, 15) is 13.2 Å². The van der Waals surface area contributed by atoms with Gasteiger partial charge in [0.25, 0.3) is 0 Å². The Kier molecular flexibility index (Phi) is 5.74. The molecule has 0 aliphatic carbocycles. The summed E-state index contributed by atoms with van der Waals surface area (Å²) in [5, 5.41) is 0. The highest BCUT2D eigenvalue weighted by Crippen LogP contribution is 2.35. The number of ketones is 1. The first kappa shape index (κ1) is 19.9. The minimum Gasteiger partial charge on any atom is -0.493 e. The molecule has 0 spiro atoms. The van der Waals surface area contributed by atoms with E-state index in [-0.39, 0.29) is 11.9 Å². The lowest BCUT2D eigenvalue weighted by molar-refractivity contribution is 0.104. The molecular weight excluding hydrogens is 378 g/mol. The summed E-state index contributed by atoms with van der Waals surface area (Å²) in [5.41, 5.74) is 2.75. The van der Waals surface area contributed by atoms with Gasteiger partial charge in [-0.25, -0.2) is 8.42 Å². The predicted octanol–water partition coefficient (Wildman–Crippen LogP) is 3.68. The normalized spacial score (nSPS) is 15.9. The average Bonchev–Trinajstić information content (AvgIpc) is 2.98. The number of anilines is 1. The smallest absolute Gasteiger partial charge is 0.229 e. The Labute approximate surface area is 165 Å². The maximum Gasteiger partial charge on any atom is 0.229 e. The van der Waals surface area contributed by atoms with Gasteiger partial charge in [-0.1, -0.05) is 0 Å². The SMILES string of the molecule is CCOc1cc2c(cc1/C=C/C(=O)c1ccc(NS(C)(=O)=O)cc1)O[C@H](C)C2. The Bertz CT molecular complexity index is 1010. The van der Waals surface area contributed by atoms with E-state index >= 15 is 0 Å². The van der Waals surface area contributed by atoms with E-state index in [1.54, 1.807) is 30.3 Å². The van der Waals surface area contributed by atoms with Crippen molar-refractivity contribution in [3.05, 3.63) is 59.2 Å². The Morgan fingerprint density at radius 2 is 2.00 bits per heavy atom. The van der Waals surface area contributed by atoms with E-state index in [2.05, 4.69) is 4.72 Å². The third kappa shape index (κ3) is 4.92. The molecule has 0 amide bonds. The molecule has 0 aromatic heterocycles. The Morgan fingerprint density at radius 3 is 2.64 bits per heavy atom. The van der Waals surface area contributed by atoms with Crippen LogP contribution in [0, 0.1) is 0 Å². The average molecular weight is 401 g/mol. The van der Waals surface area contributed by atoms with Gasteiger partial charge in [-0.3, -0.25) is 9.52 Å². The lowest BCUT2D eigenvalue weighted by Gasteiger charge is -2.10. The molecule has 0 radical (unpaired) electrons. The van der Waals surface area contributed by atoms with Gasteiger partial charge in [-0.05, 0) is 62.4 Å². The number of rotatable bonds is 7. The van der Waals surface area contributed by atoms with Crippen molar-refractivity contribution < 1.29 is 22.7 Å². The van der Waals surface area contributed by atoms with Crippen LogP contribution < -0.4 is 14.2 Å². The van der Waals surface area contributed by atoms with Gasteiger partial charge in [0.05, 0.1) is 12.9 Å². The molecule has 3 rings (SSSR count). The van der Waals surface area contributed by atoms with Crippen LogP contribution in [-0.2, 0) is 16.4 Å². The van der Waals surface area contributed by atoms with Crippen molar-refractivity contribution in [2.45, 2.75) is 26.4 Å². The highest BCUT2D eigenvalue weighted by Gasteiger charge is 2.21. The highest BCUT2D eigenvalue weighted by molar-refractivity contribution is 7.92. The van der Waals surface area contributed by atoms with Gasteiger partial charge in [0.2, 0.25) is 10.0 Å². The van der Waals surface area contributed by atoms with Crippen molar-refractivity contribution in [2.75, 3.05) is 17.6 Å². The molecule has 1 N–H and O–H groups in total. The number of benzene rings is 2. The highest BCUT2D eigenvalue weighted by atomic mass is 32.2. The molecule has 148 valence electrons. The largest absolute Gasteiger partial charge is 0.493 e. The molecule has 1 atom stereocenters. The first-order chi connectivity index (χ1) is 13.2. The van der Waals surface area contributed by atoms with Crippen LogP contribution in [0.1, 0.15) is 35.3 Å². The van der Waals surface area contributed by atoms with Crippen LogP contribution in [0.3, 0.4) is 0 Å². The van der Waals surface area contributed by atoms with Gasteiger partial charge in [0.15, 0.2) is 5.78 Å². The van der Waals surface area contributed by atoms with Gasteiger partial charge >= 0.3 is 0 Å². The lowest BCUT2D eigenvalue weighted by Crippen LogP contribution is -2.09. The number of fused-ring (bicyclic) bond motifs is 1. The van der Waals surface area contributed by atoms with Crippen LogP contribution in [0.4, 0.5) is 5.69 Å². The van der Waals surface area contributed by atoms with Crippen LogP contribution >= 0.6 is 0 Å². The van der Waals surface area contributed by atoms with Gasteiger partial charge in [-0.2, -0.15) is 0 Å². The number of carbonyl (C=O) groups is 1. The summed E-state index contributed by atoms with van der Waals surface area (Å²) < 4.78 is 36.4. The molecule has 1 aliphatic heterocycles. The van der Waals surface area contributed by atoms with Crippen molar-refractivity contribution in [1.82, 2.24) is 0 Å². The maximum absolute atomic E-state index is 12.5. The number of hydrogen-bond donors (Lipinski definition) is 1. The van der Waals surface area contributed by atoms with Crippen LogP contribution in [0.25, 0.3) is 6.08 Å². The van der Waals surface area contributed by atoms with Crippen LogP contribution in [-0.4, -0.2) is 33.2 Å². The Hall–Kier alpha value is -2.80. The number of nitrogens with one attached hydrogen (secondary N) is 1. The molecular formula is C21H23NO5S. The molecule has 2 aromatic rings. The zero-order chi connectivity index (χ0) is 20.3. The van der Waals surface area contributed by atoms with Crippen LogP contribution in [0.2, 0.25) is 0 Å². The molecule has 7 heteroatoms. The number of allylic oxidation sites excluding steroid dienone is 1. The molecule has 0 bridgehead atoms. The minimum atomic E-state index is -3.35. The van der Waals surface area contributed by atoms with E-state index in [1.807, 2.05) is 26.0 Å². The van der Waals surface area contributed by atoms with Crippen molar-refractivity contribution in [2.24, 2.45) is 0 Å². The lowest BCUT2D eigenvalue weighted by atomic mass is 10.0. The Morgan fingerprint density at radius 1 is 1.29 bits per heavy atom. The fourth-order valence-electron chi connectivity index (χ4n) is 3.04. The summed E-state index contributed by atoms with van der Waals surface area (Å²) >= 11 is 0.